The van der Waals surface area contributed by atoms with Gasteiger partial charge in [0.25, 0.3) is 0 Å². The number of hydrogen-bond acceptors (Lipinski definition) is 2. The summed E-state index contributed by atoms with van der Waals surface area (Å²) in [5.74, 6) is 1.48. The van der Waals surface area contributed by atoms with Gasteiger partial charge < -0.3 is 10.1 Å². The Morgan fingerprint density at radius 2 is 1.69 bits per heavy atom. The first kappa shape index (κ1) is 12.9. The lowest BCUT2D eigenvalue weighted by Crippen LogP contribution is -2.30. The van der Waals surface area contributed by atoms with Crippen molar-refractivity contribution in [1.29, 1.82) is 0 Å². The van der Waals surface area contributed by atoms with E-state index in [2.05, 4.69) is 33.0 Å². The molecule has 0 heterocycles. The quantitative estimate of drug-likeness (QED) is 0.660. The molecule has 2 heteroatoms. The summed E-state index contributed by atoms with van der Waals surface area (Å²) in [6.45, 7) is 11.0. The molecule has 0 aromatic rings. The van der Waals surface area contributed by atoms with Crippen LogP contribution >= 0.6 is 0 Å². The van der Waals surface area contributed by atoms with Crippen LogP contribution in [0.2, 0.25) is 0 Å². The van der Waals surface area contributed by atoms with Crippen molar-refractivity contribution in [2.45, 2.75) is 40.2 Å². The van der Waals surface area contributed by atoms with Gasteiger partial charge in [0.1, 0.15) is 0 Å². The number of ether oxygens (including phenoxy) is 1. The summed E-state index contributed by atoms with van der Waals surface area (Å²) in [6, 6.07) is 0.595. The molecule has 0 aromatic heterocycles. The Hall–Kier alpha value is -0.0800. The Labute approximate surface area is 83.1 Å². The first-order valence-electron chi connectivity index (χ1n) is 5.30. The topological polar surface area (TPSA) is 21.3 Å². The van der Waals surface area contributed by atoms with E-state index in [-0.39, 0.29) is 0 Å². The van der Waals surface area contributed by atoms with Crippen LogP contribution in [0.5, 0.6) is 0 Å². The van der Waals surface area contributed by atoms with Gasteiger partial charge in [-0.15, -0.1) is 0 Å². The highest BCUT2D eigenvalue weighted by Gasteiger charge is 2.11. The summed E-state index contributed by atoms with van der Waals surface area (Å²) in [5.41, 5.74) is 0. The fourth-order valence-corrected chi connectivity index (χ4v) is 1.21. The first-order valence-corrected chi connectivity index (χ1v) is 5.30. The van der Waals surface area contributed by atoms with Crippen LogP contribution in [0, 0.1) is 11.8 Å². The van der Waals surface area contributed by atoms with Crippen LogP contribution in [0.25, 0.3) is 0 Å². The average molecular weight is 187 g/mol. The van der Waals surface area contributed by atoms with Gasteiger partial charge in [-0.1, -0.05) is 27.7 Å². The molecule has 0 aliphatic heterocycles. The van der Waals surface area contributed by atoms with Crippen LogP contribution in [0.1, 0.15) is 34.1 Å². The molecule has 2 unspecified atom stereocenters. The van der Waals surface area contributed by atoms with Crippen LogP contribution in [0.15, 0.2) is 0 Å². The molecular formula is C11H25NO. The molecule has 0 saturated heterocycles. The molecule has 0 aromatic carbocycles. The van der Waals surface area contributed by atoms with Crippen LogP contribution in [-0.4, -0.2) is 26.3 Å². The standard InChI is InChI=1S/C11H25NO/c1-9(2)12-8-11(4)10(3)6-7-13-5/h9-12H,6-8H2,1-5H3. The Bertz CT molecular complexity index is 115. The number of methoxy groups -OCH3 is 1. The van der Waals surface area contributed by atoms with Gasteiger partial charge in [0.2, 0.25) is 0 Å². The van der Waals surface area contributed by atoms with E-state index in [1.807, 2.05) is 0 Å². The van der Waals surface area contributed by atoms with Gasteiger partial charge in [-0.2, -0.15) is 0 Å². The smallest absolute Gasteiger partial charge is 0.0464 e. The zero-order valence-corrected chi connectivity index (χ0v) is 9.76. The van der Waals surface area contributed by atoms with Gasteiger partial charge in [-0.05, 0) is 24.8 Å². The van der Waals surface area contributed by atoms with Crippen LogP contribution in [-0.2, 0) is 4.74 Å². The molecule has 0 aliphatic rings. The molecule has 0 radical (unpaired) electrons. The third-order valence-electron chi connectivity index (χ3n) is 2.60. The molecule has 2 nitrogen and oxygen atoms in total. The van der Waals surface area contributed by atoms with E-state index in [4.69, 9.17) is 4.74 Å². The summed E-state index contributed by atoms with van der Waals surface area (Å²) in [6.07, 6.45) is 1.16. The summed E-state index contributed by atoms with van der Waals surface area (Å²) in [7, 11) is 1.77. The Balaban J connectivity index is 3.50. The number of rotatable bonds is 7. The molecule has 13 heavy (non-hydrogen) atoms. The minimum atomic E-state index is 0.595. The predicted molar refractivity (Wildman–Crippen MR) is 58.0 cm³/mol. The largest absolute Gasteiger partial charge is 0.385 e. The van der Waals surface area contributed by atoms with E-state index in [1.54, 1.807) is 7.11 Å². The molecule has 0 bridgehead atoms. The second-order valence-electron chi connectivity index (χ2n) is 4.30. The summed E-state index contributed by atoms with van der Waals surface area (Å²) < 4.78 is 5.07. The SMILES string of the molecule is COCCC(C)C(C)CNC(C)C. The maximum Gasteiger partial charge on any atom is 0.0464 e. The van der Waals surface area contributed by atoms with Gasteiger partial charge in [0, 0.05) is 19.8 Å². The number of hydrogen-bond donors (Lipinski definition) is 1. The Morgan fingerprint density at radius 1 is 1.08 bits per heavy atom. The van der Waals surface area contributed by atoms with E-state index in [1.165, 1.54) is 0 Å². The Morgan fingerprint density at radius 3 is 2.15 bits per heavy atom. The molecule has 0 aliphatic carbocycles. The van der Waals surface area contributed by atoms with Gasteiger partial charge in [0.05, 0.1) is 0 Å². The summed E-state index contributed by atoms with van der Waals surface area (Å²) in [5, 5.41) is 3.46. The molecule has 0 saturated carbocycles. The van der Waals surface area contributed by atoms with Gasteiger partial charge >= 0.3 is 0 Å². The second kappa shape index (κ2) is 7.34. The number of nitrogens with one attached hydrogen (secondary N) is 1. The lowest BCUT2D eigenvalue weighted by molar-refractivity contribution is 0.166. The molecule has 0 rings (SSSR count). The van der Waals surface area contributed by atoms with Crippen molar-refractivity contribution in [2.75, 3.05) is 20.3 Å². The summed E-state index contributed by atoms with van der Waals surface area (Å²) >= 11 is 0. The summed E-state index contributed by atoms with van der Waals surface area (Å²) in [4.78, 5) is 0. The average Bonchev–Trinajstić information content (AvgIpc) is 2.10. The van der Waals surface area contributed by atoms with Crippen molar-refractivity contribution in [1.82, 2.24) is 5.32 Å². The molecule has 80 valence electrons. The van der Waals surface area contributed by atoms with E-state index in [9.17, 15) is 0 Å². The van der Waals surface area contributed by atoms with E-state index in [0.29, 0.717) is 6.04 Å². The maximum atomic E-state index is 5.07. The highest BCUT2D eigenvalue weighted by Crippen LogP contribution is 2.13. The molecule has 0 fully saturated rings. The third-order valence-corrected chi connectivity index (χ3v) is 2.60. The lowest BCUT2D eigenvalue weighted by Gasteiger charge is -2.21. The lowest BCUT2D eigenvalue weighted by atomic mass is 9.93. The van der Waals surface area contributed by atoms with Crippen molar-refractivity contribution >= 4 is 0 Å². The Kier molecular flexibility index (Phi) is 7.29. The van der Waals surface area contributed by atoms with E-state index >= 15 is 0 Å². The second-order valence-corrected chi connectivity index (χ2v) is 4.30. The van der Waals surface area contributed by atoms with Crippen molar-refractivity contribution in [3.05, 3.63) is 0 Å². The zero-order valence-electron chi connectivity index (χ0n) is 9.76. The van der Waals surface area contributed by atoms with Crippen LogP contribution in [0.3, 0.4) is 0 Å². The van der Waals surface area contributed by atoms with Crippen molar-refractivity contribution < 1.29 is 4.74 Å². The van der Waals surface area contributed by atoms with Gasteiger partial charge in [-0.3, -0.25) is 0 Å². The van der Waals surface area contributed by atoms with Crippen LogP contribution in [0.4, 0.5) is 0 Å². The predicted octanol–water partition coefficient (Wildman–Crippen LogP) is 2.29. The fraction of sp³-hybridized carbons (Fsp3) is 1.00. The molecule has 2 atom stereocenters. The van der Waals surface area contributed by atoms with E-state index < -0.39 is 0 Å². The fourth-order valence-electron chi connectivity index (χ4n) is 1.21. The highest BCUT2D eigenvalue weighted by atomic mass is 16.5. The normalized spacial score (nSPS) is 16.2. The third kappa shape index (κ3) is 7.03. The van der Waals surface area contributed by atoms with Crippen molar-refractivity contribution in [3.63, 3.8) is 0 Å². The molecular weight excluding hydrogens is 162 g/mol. The van der Waals surface area contributed by atoms with Gasteiger partial charge in [-0.25, -0.2) is 0 Å². The monoisotopic (exact) mass is 187 g/mol. The minimum absolute atomic E-state index is 0.595. The van der Waals surface area contributed by atoms with Crippen molar-refractivity contribution in [3.8, 4) is 0 Å². The molecule has 1 N–H and O–H groups in total. The first-order chi connectivity index (χ1) is 6.07. The molecule has 0 spiro atoms. The van der Waals surface area contributed by atoms with Gasteiger partial charge in [0.15, 0.2) is 0 Å². The van der Waals surface area contributed by atoms with Crippen LogP contribution < -0.4 is 5.32 Å². The minimum Gasteiger partial charge on any atom is -0.385 e. The highest BCUT2D eigenvalue weighted by molar-refractivity contribution is 4.65. The maximum absolute atomic E-state index is 5.07. The molecule has 0 amide bonds. The zero-order chi connectivity index (χ0) is 10.3. The van der Waals surface area contributed by atoms with Crippen molar-refractivity contribution in [2.24, 2.45) is 11.8 Å². The van der Waals surface area contributed by atoms with E-state index in [0.717, 1.165) is 31.4 Å².